The Bertz CT molecular complexity index is 732. The first kappa shape index (κ1) is 13.5. The van der Waals surface area contributed by atoms with Crippen molar-refractivity contribution in [2.75, 3.05) is 5.32 Å². The van der Waals surface area contributed by atoms with Crippen molar-refractivity contribution in [1.29, 1.82) is 0 Å². The molecule has 0 amide bonds. The summed E-state index contributed by atoms with van der Waals surface area (Å²) in [6.07, 6.45) is 3.43. The summed E-state index contributed by atoms with van der Waals surface area (Å²) >= 11 is 3.41. The third-order valence-electron chi connectivity index (χ3n) is 2.61. The van der Waals surface area contributed by atoms with Crippen molar-refractivity contribution in [1.82, 2.24) is 20.2 Å². The zero-order valence-corrected chi connectivity index (χ0v) is 12.4. The summed E-state index contributed by atoms with van der Waals surface area (Å²) in [5.74, 6) is 1.37. The minimum atomic E-state index is 0.683. The fourth-order valence-corrected chi connectivity index (χ4v) is 2.02. The van der Waals surface area contributed by atoms with Gasteiger partial charge in [0.15, 0.2) is 0 Å². The van der Waals surface area contributed by atoms with Gasteiger partial charge in [-0.1, -0.05) is 13.2 Å². The molecule has 0 saturated carbocycles. The molecule has 0 aliphatic carbocycles. The van der Waals surface area contributed by atoms with Crippen LogP contribution in [-0.4, -0.2) is 20.2 Å². The first-order valence-corrected chi connectivity index (χ1v) is 6.45. The number of aryl methyl sites for hydroxylation is 2. The Kier molecular flexibility index (Phi) is 3.80. The highest BCUT2D eigenvalue weighted by molar-refractivity contribution is 9.10. The molecule has 0 aliphatic heterocycles. The number of nitrogens with zero attached hydrogens (tertiary/aromatic N) is 3. The maximum atomic E-state index is 4.34. The van der Waals surface area contributed by atoms with Crippen LogP contribution in [0.1, 0.15) is 11.5 Å². The lowest BCUT2D eigenvalue weighted by Gasteiger charge is -2.08. The van der Waals surface area contributed by atoms with Gasteiger partial charge in [0.1, 0.15) is 11.6 Å². The van der Waals surface area contributed by atoms with Gasteiger partial charge in [0.2, 0.25) is 0 Å². The maximum Gasteiger partial charge on any atom is 0.148 e. The Morgan fingerprint density at radius 3 is 2.79 bits per heavy atom. The minimum Gasteiger partial charge on any atom is -0.339 e. The third kappa shape index (κ3) is 2.73. The van der Waals surface area contributed by atoms with Gasteiger partial charge in [0, 0.05) is 11.4 Å². The van der Waals surface area contributed by atoms with Crippen LogP contribution in [-0.2, 0) is 0 Å². The highest BCUT2D eigenvalue weighted by atomic mass is 79.9. The summed E-state index contributed by atoms with van der Waals surface area (Å²) in [6, 6.07) is 0. The van der Waals surface area contributed by atoms with E-state index in [0.29, 0.717) is 11.6 Å². The van der Waals surface area contributed by atoms with E-state index in [4.69, 9.17) is 0 Å². The molecule has 6 heteroatoms. The Balaban J connectivity index is 2.58. The second kappa shape index (κ2) is 5.36. The molecule has 2 N–H and O–H groups in total. The Labute approximate surface area is 119 Å². The van der Waals surface area contributed by atoms with Crippen LogP contribution in [0.15, 0.2) is 23.3 Å². The van der Waals surface area contributed by atoms with Crippen LogP contribution in [0, 0.1) is 13.8 Å². The average molecular weight is 320 g/mol. The zero-order valence-electron chi connectivity index (χ0n) is 10.8. The summed E-state index contributed by atoms with van der Waals surface area (Å²) in [6.45, 7) is 11.5. The standard InChI is InChI=1S/C13H14BrN5/c1-5-11(12-7(2)18-19-8(12)3)17-13-10(14)6-15-9(4)16-13/h5-6,18H,1-2H2,3-4H3,(H,15,16,17)/b12-11-. The van der Waals surface area contributed by atoms with Crippen LogP contribution in [0.5, 0.6) is 0 Å². The molecule has 0 bridgehead atoms. The molecule has 2 heterocycles. The molecule has 2 aromatic rings. The summed E-state index contributed by atoms with van der Waals surface area (Å²) in [5.41, 5.74) is 1.66. The van der Waals surface area contributed by atoms with E-state index in [-0.39, 0.29) is 0 Å². The number of halogens is 1. The lowest BCUT2D eigenvalue weighted by atomic mass is 10.2. The number of anilines is 1. The van der Waals surface area contributed by atoms with E-state index >= 15 is 0 Å². The molecular formula is C13H14BrN5. The maximum absolute atomic E-state index is 4.34. The number of hydrogen-bond acceptors (Lipinski definition) is 4. The SMILES string of the molecule is C=C/C(Nc1nc(C)ncc1Br)=c1/c(C)n[nH]c1=C. The monoisotopic (exact) mass is 319 g/mol. The molecule has 0 saturated heterocycles. The number of aromatic amines is 1. The van der Waals surface area contributed by atoms with Gasteiger partial charge in [0.05, 0.1) is 21.2 Å². The van der Waals surface area contributed by atoms with Crippen molar-refractivity contribution in [2.24, 2.45) is 0 Å². The molecule has 0 atom stereocenters. The molecule has 0 spiro atoms. The Hall–Kier alpha value is -1.95. The number of hydrogen-bond donors (Lipinski definition) is 2. The molecule has 0 aliphatic rings. The lowest BCUT2D eigenvalue weighted by molar-refractivity contribution is 1.03. The molecule has 2 aromatic heterocycles. The molecule has 5 nitrogen and oxygen atoms in total. The summed E-state index contributed by atoms with van der Waals surface area (Å²) in [7, 11) is 0. The number of aromatic nitrogens is 4. The van der Waals surface area contributed by atoms with Crippen molar-refractivity contribution in [2.45, 2.75) is 13.8 Å². The average Bonchev–Trinajstić information content (AvgIpc) is 2.71. The van der Waals surface area contributed by atoms with Crippen LogP contribution in [0.4, 0.5) is 5.82 Å². The van der Waals surface area contributed by atoms with E-state index in [1.54, 1.807) is 12.3 Å². The second-order valence-electron chi connectivity index (χ2n) is 4.02. The van der Waals surface area contributed by atoms with Gasteiger partial charge in [-0.15, -0.1) is 0 Å². The highest BCUT2D eigenvalue weighted by Gasteiger charge is 2.06. The zero-order chi connectivity index (χ0) is 14.0. The normalized spacial score (nSPS) is 12.2. The van der Waals surface area contributed by atoms with Crippen LogP contribution in [0.25, 0.3) is 12.3 Å². The molecule has 19 heavy (non-hydrogen) atoms. The van der Waals surface area contributed by atoms with Gasteiger partial charge < -0.3 is 5.32 Å². The van der Waals surface area contributed by atoms with Crippen molar-refractivity contribution in [3.8, 4) is 0 Å². The molecule has 0 radical (unpaired) electrons. The predicted molar refractivity (Wildman–Crippen MR) is 79.8 cm³/mol. The Morgan fingerprint density at radius 1 is 1.47 bits per heavy atom. The lowest BCUT2D eigenvalue weighted by Crippen LogP contribution is -2.27. The number of H-pyrrole nitrogens is 1. The minimum absolute atomic E-state index is 0.683. The summed E-state index contributed by atoms with van der Waals surface area (Å²) in [5, 5.41) is 11.8. The quantitative estimate of drug-likeness (QED) is 0.897. The van der Waals surface area contributed by atoms with Crippen molar-refractivity contribution >= 4 is 34.0 Å². The molecule has 0 aromatic carbocycles. The summed E-state index contributed by atoms with van der Waals surface area (Å²) < 4.78 is 0.782. The fraction of sp³-hybridized carbons (Fsp3) is 0.154. The third-order valence-corrected chi connectivity index (χ3v) is 3.19. The van der Waals surface area contributed by atoms with Gasteiger partial charge in [0.25, 0.3) is 0 Å². The van der Waals surface area contributed by atoms with Gasteiger partial charge in [-0.05, 0) is 35.9 Å². The number of rotatable bonds is 3. The van der Waals surface area contributed by atoms with E-state index in [2.05, 4.69) is 54.6 Å². The summed E-state index contributed by atoms with van der Waals surface area (Å²) in [4.78, 5) is 8.45. The Morgan fingerprint density at radius 2 is 2.21 bits per heavy atom. The van der Waals surface area contributed by atoms with E-state index < -0.39 is 0 Å². The predicted octanol–water partition coefficient (Wildman–Crippen LogP) is 1.40. The number of nitrogens with one attached hydrogen (secondary N) is 2. The van der Waals surface area contributed by atoms with Crippen LogP contribution in [0.2, 0.25) is 0 Å². The van der Waals surface area contributed by atoms with Gasteiger partial charge in [-0.2, -0.15) is 5.10 Å². The highest BCUT2D eigenvalue weighted by Crippen LogP contribution is 2.20. The van der Waals surface area contributed by atoms with E-state index in [0.717, 1.165) is 26.4 Å². The van der Waals surface area contributed by atoms with E-state index in [1.807, 2.05) is 13.8 Å². The fourth-order valence-electron chi connectivity index (χ4n) is 1.73. The first-order valence-electron chi connectivity index (χ1n) is 5.65. The smallest absolute Gasteiger partial charge is 0.148 e. The molecule has 2 rings (SSSR count). The second-order valence-corrected chi connectivity index (χ2v) is 4.87. The van der Waals surface area contributed by atoms with Crippen molar-refractivity contribution in [3.63, 3.8) is 0 Å². The molecule has 0 fully saturated rings. The topological polar surface area (TPSA) is 66.5 Å². The van der Waals surface area contributed by atoms with Gasteiger partial charge in [-0.25, -0.2) is 9.97 Å². The largest absolute Gasteiger partial charge is 0.339 e. The molecular weight excluding hydrogens is 306 g/mol. The van der Waals surface area contributed by atoms with Crippen LogP contribution in [0.3, 0.4) is 0 Å². The van der Waals surface area contributed by atoms with Crippen molar-refractivity contribution in [3.05, 3.63) is 45.4 Å². The van der Waals surface area contributed by atoms with Gasteiger partial charge >= 0.3 is 0 Å². The van der Waals surface area contributed by atoms with E-state index in [9.17, 15) is 0 Å². The van der Waals surface area contributed by atoms with Crippen molar-refractivity contribution < 1.29 is 0 Å². The van der Waals surface area contributed by atoms with Gasteiger partial charge in [-0.3, -0.25) is 5.10 Å². The molecule has 0 unspecified atom stereocenters. The molecule has 98 valence electrons. The first-order chi connectivity index (χ1) is 9.02. The van der Waals surface area contributed by atoms with E-state index in [1.165, 1.54) is 0 Å². The van der Waals surface area contributed by atoms with Crippen LogP contribution < -0.4 is 15.9 Å². The van der Waals surface area contributed by atoms with Crippen LogP contribution >= 0.6 is 15.9 Å².